The van der Waals surface area contributed by atoms with Crippen molar-refractivity contribution in [2.24, 2.45) is 4.99 Å². The molecule has 0 aliphatic rings. The maximum atomic E-state index is 10.8. The number of aromatic hydroxyl groups is 1. The predicted molar refractivity (Wildman–Crippen MR) is 83.1 cm³/mol. The topological polar surface area (TPSA) is 113 Å². The lowest BCUT2D eigenvalue weighted by Gasteiger charge is -2.02. The number of carbonyl (C=O) groups is 1. The standard InChI is InChI=1S/C14H9BrN2O5/c15-10-5-9(13(18)12(6-10)17(21)22)7-16-11-3-1-8(2-4-11)14(19)20/h1-7,18H,(H,19,20). The first kappa shape index (κ1) is 15.6. The molecular weight excluding hydrogens is 356 g/mol. The number of phenols is 1. The monoisotopic (exact) mass is 364 g/mol. The van der Waals surface area contributed by atoms with E-state index in [4.69, 9.17) is 5.11 Å². The maximum absolute atomic E-state index is 10.8. The number of carboxylic acids is 1. The number of hydrogen-bond acceptors (Lipinski definition) is 5. The number of phenolic OH excluding ortho intramolecular Hbond substituents is 1. The van der Waals surface area contributed by atoms with E-state index in [9.17, 15) is 20.0 Å². The summed E-state index contributed by atoms with van der Waals surface area (Å²) in [7, 11) is 0. The van der Waals surface area contributed by atoms with Crippen molar-refractivity contribution >= 4 is 39.5 Å². The second-order valence-corrected chi connectivity index (χ2v) is 5.15. The van der Waals surface area contributed by atoms with Crippen LogP contribution >= 0.6 is 15.9 Å². The first-order valence-electron chi connectivity index (χ1n) is 5.93. The number of rotatable bonds is 4. The van der Waals surface area contributed by atoms with Gasteiger partial charge in [0.15, 0.2) is 0 Å². The van der Waals surface area contributed by atoms with Crippen LogP contribution in [0.25, 0.3) is 0 Å². The molecule has 7 nitrogen and oxygen atoms in total. The smallest absolute Gasteiger partial charge is 0.335 e. The molecular formula is C14H9BrN2O5. The molecule has 0 aromatic heterocycles. The van der Waals surface area contributed by atoms with Crippen LogP contribution in [0.1, 0.15) is 15.9 Å². The van der Waals surface area contributed by atoms with E-state index in [2.05, 4.69) is 20.9 Å². The molecule has 112 valence electrons. The molecule has 0 radical (unpaired) electrons. The summed E-state index contributed by atoms with van der Waals surface area (Å²) < 4.78 is 0.430. The van der Waals surface area contributed by atoms with E-state index < -0.39 is 22.3 Å². The van der Waals surface area contributed by atoms with Crippen molar-refractivity contribution in [2.45, 2.75) is 0 Å². The van der Waals surface area contributed by atoms with Gasteiger partial charge in [-0.15, -0.1) is 0 Å². The SMILES string of the molecule is O=C(O)c1ccc(N=Cc2cc(Br)cc([N+](=O)[O-])c2O)cc1. The first-order valence-corrected chi connectivity index (χ1v) is 6.72. The minimum Gasteiger partial charge on any atom is -0.502 e. The third-order valence-corrected chi connectivity index (χ3v) is 3.21. The molecule has 0 heterocycles. The Morgan fingerprint density at radius 3 is 2.45 bits per heavy atom. The largest absolute Gasteiger partial charge is 0.502 e. The number of nitro benzene ring substituents is 1. The van der Waals surface area contributed by atoms with E-state index in [1.807, 2.05) is 0 Å². The van der Waals surface area contributed by atoms with E-state index in [1.165, 1.54) is 42.6 Å². The van der Waals surface area contributed by atoms with Crippen molar-refractivity contribution in [3.05, 3.63) is 62.1 Å². The third-order valence-electron chi connectivity index (χ3n) is 2.75. The fourth-order valence-corrected chi connectivity index (χ4v) is 2.14. The first-order chi connectivity index (χ1) is 10.4. The summed E-state index contributed by atoms with van der Waals surface area (Å²) in [6.07, 6.45) is 1.27. The number of benzene rings is 2. The number of nitrogens with zero attached hydrogens (tertiary/aromatic N) is 2. The van der Waals surface area contributed by atoms with Crippen LogP contribution in [-0.4, -0.2) is 27.3 Å². The molecule has 0 aliphatic carbocycles. The molecule has 0 spiro atoms. The van der Waals surface area contributed by atoms with E-state index in [0.29, 0.717) is 10.2 Å². The molecule has 8 heteroatoms. The molecule has 0 amide bonds. The van der Waals surface area contributed by atoms with Crippen LogP contribution in [0.5, 0.6) is 5.75 Å². The Hall–Kier alpha value is -2.74. The van der Waals surface area contributed by atoms with E-state index in [1.54, 1.807) is 0 Å². The highest BCUT2D eigenvalue weighted by atomic mass is 79.9. The Morgan fingerprint density at radius 1 is 1.27 bits per heavy atom. The molecule has 2 N–H and O–H groups in total. The average molecular weight is 365 g/mol. The van der Waals surface area contributed by atoms with Crippen molar-refractivity contribution in [3.63, 3.8) is 0 Å². The second-order valence-electron chi connectivity index (χ2n) is 4.23. The summed E-state index contributed by atoms with van der Waals surface area (Å²) in [4.78, 5) is 24.9. The maximum Gasteiger partial charge on any atom is 0.335 e. The summed E-state index contributed by atoms with van der Waals surface area (Å²) in [6, 6.07) is 8.43. The minimum absolute atomic E-state index is 0.125. The molecule has 2 aromatic rings. The van der Waals surface area contributed by atoms with Gasteiger partial charge in [0.05, 0.1) is 16.2 Å². The lowest BCUT2D eigenvalue weighted by molar-refractivity contribution is -0.385. The molecule has 0 saturated carbocycles. The van der Waals surface area contributed by atoms with E-state index in [0.717, 1.165) is 0 Å². The number of halogens is 1. The van der Waals surface area contributed by atoms with E-state index in [-0.39, 0.29) is 11.1 Å². The number of carboxylic acid groups (broad SMARTS) is 1. The van der Waals surface area contributed by atoms with Gasteiger partial charge in [0, 0.05) is 22.3 Å². The Morgan fingerprint density at radius 2 is 1.91 bits per heavy atom. The Kier molecular flexibility index (Phi) is 4.52. The van der Waals surface area contributed by atoms with Gasteiger partial charge in [-0.3, -0.25) is 15.1 Å². The van der Waals surface area contributed by atoms with Crippen LogP contribution < -0.4 is 0 Å². The zero-order valence-electron chi connectivity index (χ0n) is 10.9. The molecule has 0 aliphatic heterocycles. The summed E-state index contributed by atoms with van der Waals surface area (Å²) in [6.45, 7) is 0. The van der Waals surface area contributed by atoms with Gasteiger partial charge in [0.1, 0.15) is 0 Å². The number of aliphatic imine (C=N–C) groups is 1. The number of nitro groups is 1. The highest BCUT2D eigenvalue weighted by molar-refractivity contribution is 9.10. The van der Waals surface area contributed by atoms with Gasteiger partial charge >= 0.3 is 11.7 Å². The van der Waals surface area contributed by atoms with Gasteiger partial charge < -0.3 is 10.2 Å². The number of aromatic carboxylic acids is 1. The average Bonchev–Trinajstić information content (AvgIpc) is 2.47. The van der Waals surface area contributed by atoms with Crippen LogP contribution in [0.2, 0.25) is 0 Å². The van der Waals surface area contributed by atoms with Crippen LogP contribution in [0.4, 0.5) is 11.4 Å². The summed E-state index contributed by atoms with van der Waals surface area (Å²) in [5.74, 6) is -1.53. The molecule has 2 rings (SSSR count). The van der Waals surface area contributed by atoms with Gasteiger partial charge in [0.25, 0.3) is 0 Å². The Bertz CT molecular complexity index is 772. The summed E-state index contributed by atoms with van der Waals surface area (Å²) >= 11 is 3.12. The van der Waals surface area contributed by atoms with Gasteiger partial charge in [-0.1, -0.05) is 15.9 Å². The zero-order chi connectivity index (χ0) is 16.3. The van der Waals surface area contributed by atoms with Crippen molar-refractivity contribution in [3.8, 4) is 5.75 Å². The predicted octanol–water partition coefficient (Wildman–Crippen LogP) is 3.51. The van der Waals surface area contributed by atoms with Crippen LogP contribution in [0.15, 0.2) is 45.9 Å². The van der Waals surface area contributed by atoms with Crippen molar-refractivity contribution in [1.82, 2.24) is 0 Å². The van der Waals surface area contributed by atoms with Gasteiger partial charge in [-0.05, 0) is 30.3 Å². The molecule has 0 fully saturated rings. The summed E-state index contributed by atoms with van der Waals surface area (Å²) in [5.41, 5.74) is 0.312. The quantitative estimate of drug-likeness (QED) is 0.489. The lowest BCUT2D eigenvalue weighted by atomic mass is 10.2. The fourth-order valence-electron chi connectivity index (χ4n) is 1.68. The molecule has 2 aromatic carbocycles. The third kappa shape index (κ3) is 3.47. The normalized spacial score (nSPS) is 10.8. The van der Waals surface area contributed by atoms with E-state index >= 15 is 0 Å². The van der Waals surface area contributed by atoms with Gasteiger partial charge in [0.2, 0.25) is 5.75 Å². The zero-order valence-corrected chi connectivity index (χ0v) is 12.5. The lowest BCUT2D eigenvalue weighted by Crippen LogP contribution is -1.94. The second kappa shape index (κ2) is 6.35. The fraction of sp³-hybridized carbons (Fsp3) is 0. The Balaban J connectivity index is 2.34. The van der Waals surface area contributed by atoms with Crippen molar-refractivity contribution < 1.29 is 19.9 Å². The molecule has 0 unspecified atom stereocenters. The highest BCUT2D eigenvalue weighted by Crippen LogP contribution is 2.32. The van der Waals surface area contributed by atoms with Crippen LogP contribution in [0, 0.1) is 10.1 Å². The molecule has 0 saturated heterocycles. The van der Waals surface area contributed by atoms with Crippen LogP contribution in [0.3, 0.4) is 0 Å². The van der Waals surface area contributed by atoms with Crippen LogP contribution in [-0.2, 0) is 0 Å². The van der Waals surface area contributed by atoms with Gasteiger partial charge in [-0.2, -0.15) is 0 Å². The minimum atomic E-state index is -1.05. The molecule has 0 bridgehead atoms. The Labute approximate surface area is 132 Å². The number of hydrogen-bond donors (Lipinski definition) is 2. The molecule has 22 heavy (non-hydrogen) atoms. The van der Waals surface area contributed by atoms with Crippen molar-refractivity contribution in [1.29, 1.82) is 0 Å². The summed E-state index contributed by atoms with van der Waals surface area (Å²) in [5, 5.41) is 29.5. The van der Waals surface area contributed by atoms with Crippen molar-refractivity contribution in [2.75, 3.05) is 0 Å². The molecule has 0 atom stereocenters. The highest BCUT2D eigenvalue weighted by Gasteiger charge is 2.17. The van der Waals surface area contributed by atoms with Gasteiger partial charge in [-0.25, -0.2) is 4.79 Å².